The molecular weight excluding hydrogens is 486 g/mol. The van der Waals surface area contributed by atoms with E-state index in [1.807, 2.05) is 24.3 Å². The van der Waals surface area contributed by atoms with Crippen LogP contribution in [0.3, 0.4) is 0 Å². The van der Waals surface area contributed by atoms with Crippen molar-refractivity contribution in [1.82, 2.24) is 0 Å². The van der Waals surface area contributed by atoms with Crippen LogP contribution in [0.5, 0.6) is 5.75 Å². The second-order valence-electron chi connectivity index (χ2n) is 6.42. The van der Waals surface area contributed by atoms with Gasteiger partial charge in [0.1, 0.15) is 15.6 Å². The molecule has 0 aliphatic heterocycles. The third kappa shape index (κ3) is 4.28. The summed E-state index contributed by atoms with van der Waals surface area (Å²) in [7, 11) is 2.72. The Kier molecular flexibility index (Phi) is 6.97. The van der Waals surface area contributed by atoms with Crippen molar-refractivity contribution < 1.29 is 28.6 Å². The van der Waals surface area contributed by atoms with Crippen molar-refractivity contribution in [3.8, 4) is 5.75 Å². The van der Waals surface area contributed by atoms with Gasteiger partial charge in [-0.1, -0.05) is 24.3 Å². The van der Waals surface area contributed by atoms with Crippen LogP contribution in [-0.2, 0) is 9.47 Å². The van der Waals surface area contributed by atoms with Crippen molar-refractivity contribution in [1.29, 1.82) is 0 Å². The number of halogens is 1. The molecule has 1 heterocycles. The molecule has 0 fully saturated rings. The quantitative estimate of drug-likeness (QED) is 0.463. The van der Waals surface area contributed by atoms with Crippen LogP contribution >= 0.6 is 27.3 Å². The molecule has 0 atom stereocenters. The maximum absolute atomic E-state index is 13.2. The fourth-order valence-corrected chi connectivity index (χ4v) is 5.01. The number of thiophene rings is 1. The van der Waals surface area contributed by atoms with Gasteiger partial charge in [-0.05, 0) is 52.2 Å². The lowest BCUT2D eigenvalue weighted by Gasteiger charge is -2.13. The predicted molar refractivity (Wildman–Crippen MR) is 123 cm³/mol. The number of hydrogen-bond acceptors (Lipinski definition) is 7. The first kappa shape index (κ1) is 22.8. The van der Waals surface area contributed by atoms with Crippen LogP contribution in [0.2, 0.25) is 0 Å². The van der Waals surface area contributed by atoms with Gasteiger partial charge < -0.3 is 19.5 Å². The molecule has 9 heteroatoms. The van der Waals surface area contributed by atoms with Crippen LogP contribution in [0.15, 0.2) is 34.8 Å². The molecule has 1 aromatic heterocycles. The molecule has 31 heavy (non-hydrogen) atoms. The highest BCUT2D eigenvalue weighted by Crippen LogP contribution is 2.38. The first-order valence-corrected chi connectivity index (χ1v) is 10.9. The SMILES string of the molecule is CCOC(=O)c1c(NC(=O)c2cc3ccccc3c(Br)c2OC)sc(C(=O)OC)c1C. The largest absolute Gasteiger partial charge is 0.495 e. The van der Waals surface area contributed by atoms with E-state index in [4.69, 9.17) is 14.2 Å². The van der Waals surface area contributed by atoms with Crippen molar-refractivity contribution in [2.45, 2.75) is 13.8 Å². The standard InChI is InChI=1S/C22H20BrNO6S/c1-5-30-21(26)15-11(2)18(22(27)29-4)31-20(15)24-19(25)14-10-12-8-6-7-9-13(12)16(23)17(14)28-3/h6-10H,5H2,1-4H3,(H,24,25). The number of amides is 1. The highest BCUT2D eigenvalue weighted by molar-refractivity contribution is 9.10. The molecule has 0 spiro atoms. The zero-order chi connectivity index (χ0) is 22.7. The summed E-state index contributed by atoms with van der Waals surface area (Å²) in [5.74, 6) is -1.37. The summed E-state index contributed by atoms with van der Waals surface area (Å²) in [4.78, 5) is 38.1. The number of anilines is 1. The van der Waals surface area contributed by atoms with E-state index < -0.39 is 17.8 Å². The van der Waals surface area contributed by atoms with Gasteiger partial charge in [0, 0.05) is 0 Å². The van der Waals surface area contributed by atoms with E-state index in [1.165, 1.54) is 14.2 Å². The second kappa shape index (κ2) is 9.49. The molecule has 0 aliphatic carbocycles. The van der Waals surface area contributed by atoms with E-state index in [1.54, 1.807) is 19.9 Å². The normalized spacial score (nSPS) is 10.6. The minimum Gasteiger partial charge on any atom is -0.495 e. The molecule has 0 unspecified atom stereocenters. The van der Waals surface area contributed by atoms with Crippen LogP contribution in [0.25, 0.3) is 10.8 Å². The summed E-state index contributed by atoms with van der Waals surface area (Å²) in [5.41, 5.74) is 0.783. The third-order valence-corrected chi connectivity index (χ3v) is 6.59. The molecule has 2 aromatic carbocycles. The number of esters is 2. The van der Waals surface area contributed by atoms with Crippen molar-refractivity contribution in [3.05, 3.63) is 56.4 Å². The molecule has 0 saturated carbocycles. The third-order valence-electron chi connectivity index (χ3n) is 4.61. The van der Waals surface area contributed by atoms with Gasteiger partial charge in [-0.2, -0.15) is 0 Å². The zero-order valence-corrected chi connectivity index (χ0v) is 19.7. The average Bonchev–Trinajstić information content (AvgIpc) is 3.08. The van der Waals surface area contributed by atoms with Gasteiger partial charge in [-0.15, -0.1) is 11.3 Å². The minimum absolute atomic E-state index is 0.124. The Morgan fingerprint density at radius 3 is 2.48 bits per heavy atom. The van der Waals surface area contributed by atoms with Gasteiger partial charge >= 0.3 is 11.9 Å². The fourth-order valence-electron chi connectivity index (χ4n) is 3.16. The van der Waals surface area contributed by atoms with E-state index in [2.05, 4.69) is 21.2 Å². The summed E-state index contributed by atoms with van der Waals surface area (Å²) in [6.45, 7) is 3.44. The first-order valence-electron chi connectivity index (χ1n) is 9.29. The molecule has 0 bridgehead atoms. The van der Waals surface area contributed by atoms with Crippen LogP contribution in [0, 0.1) is 6.92 Å². The van der Waals surface area contributed by atoms with Crippen LogP contribution in [-0.4, -0.2) is 38.7 Å². The van der Waals surface area contributed by atoms with Gasteiger partial charge in [-0.3, -0.25) is 4.79 Å². The van der Waals surface area contributed by atoms with E-state index in [0.717, 1.165) is 22.1 Å². The van der Waals surface area contributed by atoms with Crippen molar-refractivity contribution in [2.24, 2.45) is 0 Å². The Hall–Kier alpha value is -2.91. The van der Waals surface area contributed by atoms with Crippen LogP contribution in [0.4, 0.5) is 5.00 Å². The molecular formula is C22H20BrNO6S. The minimum atomic E-state index is -0.631. The first-order chi connectivity index (χ1) is 14.8. The molecule has 3 rings (SSSR count). The van der Waals surface area contributed by atoms with Crippen molar-refractivity contribution in [3.63, 3.8) is 0 Å². The van der Waals surface area contributed by atoms with Crippen molar-refractivity contribution >= 4 is 60.9 Å². The van der Waals surface area contributed by atoms with E-state index >= 15 is 0 Å². The lowest BCUT2D eigenvalue weighted by molar-refractivity contribution is 0.0527. The topological polar surface area (TPSA) is 90.9 Å². The van der Waals surface area contributed by atoms with Gasteiger partial charge in [0.2, 0.25) is 0 Å². The molecule has 0 aliphatic rings. The second-order valence-corrected chi connectivity index (χ2v) is 8.23. The lowest BCUT2D eigenvalue weighted by Crippen LogP contribution is -2.16. The van der Waals surface area contributed by atoms with Gasteiger partial charge in [0.25, 0.3) is 5.91 Å². The Labute approximate surface area is 191 Å². The number of carbonyl (C=O) groups excluding carboxylic acids is 3. The summed E-state index contributed by atoms with van der Waals surface area (Å²) in [5, 5.41) is 4.67. The Morgan fingerprint density at radius 2 is 1.84 bits per heavy atom. The molecule has 0 saturated heterocycles. The molecule has 1 amide bonds. The van der Waals surface area contributed by atoms with E-state index in [-0.39, 0.29) is 27.6 Å². The number of hydrogen-bond donors (Lipinski definition) is 1. The van der Waals surface area contributed by atoms with E-state index in [0.29, 0.717) is 15.8 Å². The maximum Gasteiger partial charge on any atom is 0.348 e. The number of benzene rings is 2. The highest BCUT2D eigenvalue weighted by Gasteiger charge is 2.28. The lowest BCUT2D eigenvalue weighted by atomic mass is 10.0. The number of carbonyl (C=O) groups is 3. The van der Waals surface area contributed by atoms with E-state index in [9.17, 15) is 14.4 Å². The average molecular weight is 506 g/mol. The summed E-state index contributed by atoms with van der Waals surface area (Å²) in [6, 6.07) is 9.26. The van der Waals surface area contributed by atoms with Crippen molar-refractivity contribution in [2.75, 3.05) is 26.1 Å². The highest BCUT2D eigenvalue weighted by atomic mass is 79.9. The predicted octanol–water partition coefficient (Wildman–Crippen LogP) is 5.20. The van der Waals surface area contributed by atoms with Gasteiger partial charge in [0.05, 0.1) is 36.4 Å². The Morgan fingerprint density at radius 1 is 1.13 bits per heavy atom. The van der Waals surface area contributed by atoms with Crippen LogP contribution < -0.4 is 10.1 Å². The smallest absolute Gasteiger partial charge is 0.348 e. The molecule has 3 aromatic rings. The Balaban J connectivity index is 2.09. The summed E-state index contributed by atoms with van der Waals surface area (Å²) < 4.78 is 16.0. The summed E-state index contributed by atoms with van der Waals surface area (Å²) in [6.07, 6.45) is 0. The number of ether oxygens (including phenoxy) is 3. The monoisotopic (exact) mass is 505 g/mol. The molecule has 1 N–H and O–H groups in total. The number of methoxy groups -OCH3 is 2. The molecule has 0 radical (unpaired) electrons. The molecule has 7 nitrogen and oxygen atoms in total. The zero-order valence-electron chi connectivity index (χ0n) is 17.3. The number of fused-ring (bicyclic) bond motifs is 1. The van der Waals surface area contributed by atoms with Crippen LogP contribution in [0.1, 0.15) is 42.9 Å². The summed E-state index contributed by atoms with van der Waals surface area (Å²) >= 11 is 4.47. The maximum atomic E-state index is 13.2. The Bertz CT molecular complexity index is 1190. The number of nitrogens with one attached hydrogen (secondary N) is 1. The van der Waals surface area contributed by atoms with Gasteiger partial charge in [0.15, 0.2) is 0 Å². The molecule has 162 valence electrons. The van der Waals surface area contributed by atoms with Gasteiger partial charge in [-0.25, -0.2) is 9.59 Å². The fraction of sp³-hybridized carbons (Fsp3) is 0.227. The number of rotatable bonds is 6.